The molecular weight excluding hydrogens is 344 g/mol. The minimum absolute atomic E-state index is 0.245. The molecule has 0 fully saturated rings. The molecule has 0 bridgehead atoms. The van der Waals surface area contributed by atoms with Gasteiger partial charge in [0.1, 0.15) is 12.4 Å². The molecule has 0 saturated heterocycles. The third-order valence-corrected chi connectivity index (χ3v) is 4.44. The van der Waals surface area contributed by atoms with Crippen LogP contribution in [-0.4, -0.2) is 12.6 Å². The van der Waals surface area contributed by atoms with Crippen LogP contribution in [0.15, 0.2) is 71.6 Å². The Labute approximate surface area is 157 Å². The number of carbonyl (C=O) groups is 1. The Balaban J connectivity index is 1.52. The van der Waals surface area contributed by atoms with E-state index in [9.17, 15) is 4.79 Å². The first kappa shape index (κ1) is 17.9. The van der Waals surface area contributed by atoms with Crippen LogP contribution in [0.25, 0.3) is 10.8 Å². The molecule has 0 amide bonds. The maximum atomic E-state index is 12.1. The van der Waals surface area contributed by atoms with Gasteiger partial charge in [0, 0.05) is 4.90 Å². The zero-order chi connectivity index (χ0) is 18.2. The summed E-state index contributed by atoms with van der Waals surface area (Å²) in [5.41, 5.74) is 0.940. The Bertz CT molecular complexity index is 952. The molecular formula is C22H18O3S. The molecule has 0 aliphatic carbocycles. The van der Waals surface area contributed by atoms with Gasteiger partial charge in [0.25, 0.3) is 0 Å². The van der Waals surface area contributed by atoms with Crippen LogP contribution in [0, 0.1) is 11.8 Å². The molecule has 0 aliphatic rings. The predicted octanol–water partition coefficient (Wildman–Crippen LogP) is 5.03. The van der Waals surface area contributed by atoms with Gasteiger partial charge >= 0.3 is 5.97 Å². The smallest absolute Gasteiger partial charge is 0.322 e. The van der Waals surface area contributed by atoms with E-state index in [4.69, 9.17) is 8.92 Å². The molecule has 0 heterocycles. The fourth-order valence-corrected chi connectivity index (χ4v) is 2.92. The number of fused-ring (bicyclic) bond motifs is 1. The highest BCUT2D eigenvalue weighted by Gasteiger charge is 2.07. The summed E-state index contributed by atoms with van der Waals surface area (Å²) in [6.45, 7) is 2.14. The van der Waals surface area contributed by atoms with Crippen LogP contribution in [-0.2, 0) is 15.4 Å². The lowest BCUT2D eigenvalue weighted by Crippen LogP contribution is -2.03. The summed E-state index contributed by atoms with van der Waals surface area (Å²) in [7, 11) is 0. The Kier molecular flexibility index (Phi) is 6.19. The number of rotatable bonds is 6. The van der Waals surface area contributed by atoms with Crippen molar-refractivity contribution in [3.8, 4) is 17.6 Å². The van der Waals surface area contributed by atoms with Gasteiger partial charge in [0.2, 0.25) is 0 Å². The molecule has 0 unspecified atom stereocenters. The minimum Gasteiger partial charge on any atom is -0.481 e. The molecule has 3 nitrogen and oxygen atoms in total. The molecule has 0 radical (unpaired) electrons. The molecule has 0 atom stereocenters. The molecule has 4 heteroatoms. The first-order chi connectivity index (χ1) is 12.7. The lowest BCUT2D eigenvalue weighted by Gasteiger charge is -2.06. The van der Waals surface area contributed by atoms with E-state index in [0.29, 0.717) is 6.61 Å². The van der Waals surface area contributed by atoms with Gasteiger partial charge < -0.3 is 8.92 Å². The quantitative estimate of drug-likeness (QED) is 0.455. The molecule has 0 aliphatic heterocycles. The predicted molar refractivity (Wildman–Crippen MR) is 105 cm³/mol. The van der Waals surface area contributed by atoms with E-state index in [1.807, 2.05) is 60.7 Å². The minimum atomic E-state index is -0.274. The van der Waals surface area contributed by atoms with Gasteiger partial charge in [-0.15, -0.1) is 5.92 Å². The molecule has 0 spiro atoms. The van der Waals surface area contributed by atoms with Crippen molar-refractivity contribution in [1.82, 2.24) is 0 Å². The van der Waals surface area contributed by atoms with Crippen LogP contribution in [0.1, 0.15) is 12.5 Å². The third-order valence-electron chi connectivity index (χ3n) is 3.70. The largest absolute Gasteiger partial charge is 0.481 e. The van der Waals surface area contributed by atoms with Crippen LogP contribution < -0.4 is 4.74 Å². The molecule has 3 rings (SSSR count). The maximum Gasteiger partial charge on any atom is 0.322 e. The lowest BCUT2D eigenvalue weighted by atomic mass is 10.1. The average Bonchev–Trinajstić information content (AvgIpc) is 2.67. The second kappa shape index (κ2) is 8.98. The van der Waals surface area contributed by atoms with Crippen molar-refractivity contribution in [2.75, 3.05) is 6.61 Å². The first-order valence-corrected chi connectivity index (χ1v) is 8.96. The Morgan fingerprint density at radius 3 is 2.54 bits per heavy atom. The van der Waals surface area contributed by atoms with Crippen LogP contribution in [0.5, 0.6) is 5.75 Å². The van der Waals surface area contributed by atoms with Crippen molar-refractivity contribution in [3.63, 3.8) is 0 Å². The first-order valence-electron chi connectivity index (χ1n) is 8.22. The SMILES string of the molecule is CC#CCOc1ccc(SOC(=O)Cc2ccc3ccccc3c2)cc1. The molecule has 0 aromatic heterocycles. The van der Waals surface area contributed by atoms with Crippen LogP contribution in [0.3, 0.4) is 0 Å². The number of benzene rings is 3. The van der Waals surface area contributed by atoms with Gasteiger partial charge in [0.05, 0.1) is 18.5 Å². The molecule has 0 saturated carbocycles. The van der Waals surface area contributed by atoms with Crippen molar-refractivity contribution in [3.05, 3.63) is 72.3 Å². The Morgan fingerprint density at radius 1 is 1.00 bits per heavy atom. The summed E-state index contributed by atoms with van der Waals surface area (Å²) in [6, 6.07) is 21.4. The van der Waals surface area contributed by atoms with Crippen molar-refractivity contribution >= 4 is 28.8 Å². The fraction of sp³-hybridized carbons (Fsp3) is 0.136. The van der Waals surface area contributed by atoms with E-state index in [1.165, 1.54) is 0 Å². The molecule has 130 valence electrons. The standard InChI is InChI=1S/C22H18O3S/c1-2-3-14-24-20-10-12-21(13-11-20)26-25-22(23)16-17-8-9-18-6-4-5-7-19(18)15-17/h4-13,15H,14,16H2,1H3. The highest BCUT2D eigenvalue weighted by Crippen LogP contribution is 2.23. The maximum absolute atomic E-state index is 12.1. The molecule has 0 N–H and O–H groups in total. The van der Waals surface area contributed by atoms with Gasteiger partial charge in [-0.1, -0.05) is 48.4 Å². The number of hydrogen-bond acceptors (Lipinski definition) is 4. The average molecular weight is 362 g/mol. The normalized spacial score (nSPS) is 10.0. The number of hydrogen-bond donors (Lipinski definition) is 0. The number of ether oxygens (including phenoxy) is 1. The Morgan fingerprint density at radius 2 is 1.77 bits per heavy atom. The highest BCUT2D eigenvalue weighted by molar-refractivity contribution is 7.95. The molecule has 3 aromatic carbocycles. The van der Waals surface area contributed by atoms with Crippen molar-refractivity contribution < 1.29 is 13.7 Å². The van der Waals surface area contributed by atoms with E-state index in [1.54, 1.807) is 6.92 Å². The molecule has 3 aromatic rings. The summed E-state index contributed by atoms with van der Waals surface area (Å²) < 4.78 is 10.7. The van der Waals surface area contributed by atoms with Crippen molar-refractivity contribution in [2.24, 2.45) is 0 Å². The van der Waals surface area contributed by atoms with Crippen LogP contribution in [0.2, 0.25) is 0 Å². The number of carbonyl (C=O) groups excluding carboxylic acids is 1. The summed E-state index contributed by atoms with van der Waals surface area (Å²) in [6.07, 6.45) is 0.245. The summed E-state index contributed by atoms with van der Waals surface area (Å²) in [5, 5.41) is 2.28. The second-order valence-corrected chi connectivity index (χ2v) is 6.39. The van der Waals surface area contributed by atoms with E-state index >= 15 is 0 Å². The van der Waals surface area contributed by atoms with Crippen LogP contribution >= 0.6 is 12.0 Å². The zero-order valence-electron chi connectivity index (χ0n) is 14.4. The van der Waals surface area contributed by atoms with E-state index in [0.717, 1.165) is 39.0 Å². The van der Waals surface area contributed by atoms with Gasteiger partial charge in [-0.05, 0) is 47.5 Å². The fourth-order valence-electron chi connectivity index (χ4n) is 2.42. The Hall–Kier alpha value is -2.90. The highest BCUT2D eigenvalue weighted by atomic mass is 32.2. The van der Waals surface area contributed by atoms with E-state index < -0.39 is 0 Å². The molecule has 26 heavy (non-hydrogen) atoms. The zero-order valence-corrected chi connectivity index (χ0v) is 15.2. The second-order valence-electron chi connectivity index (χ2n) is 5.58. The van der Waals surface area contributed by atoms with Gasteiger partial charge in [0.15, 0.2) is 0 Å². The van der Waals surface area contributed by atoms with Crippen molar-refractivity contribution in [1.29, 1.82) is 0 Å². The monoisotopic (exact) mass is 362 g/mol. The van der Waals surface area contributed by atoms with Crippen LogP contribution in [0.4, 0.5) is 0 Å². The summed E-state index contributed by atoms with van der Waals surface area (Å²) in [4.78, 5) is 12.9. The van der Waals surface area contributed by atoms with Gasteiger partial charge in [-0.25, -0.2) is 0 Å². The topological polar surface area (TPSA) is 35.5 Å². The van der Waals surface area contributed by atoms with E-state index in [-0.39, 0.29) is 12.4 Å². The van der Waals surface area contributed by atoms with Crippen molar-refractivity contribution in [2.45, 2.75) is 18.2 Å². The lowest BCUT2D eigenvalue weighted by molar-refractivity contribution is -0.132. The van der Waals surface area contributed by atoms with Gasteiger partial charge in [-0.2, -0.15) is 0 Å². The third kappa shape index (κ3) is 5.05. The van der Waals surface area contributed by atoms with Gasteiger partial charge in [-0.3, -0.25) is 4.79 Å². The summed E-state index contributed by atoms with van der Waals surface area (Å²) >= 11 is 1.06. The van der Waals surface area contributed by atoms with E-state index in [2.05, 4.69) is 17.9 Å². The summed E-state index contributed by atoms with van der Waals surface area (Å²) in [5.74, 6) is 6.08.